The summed E-state index contributed by atoms with van der Waals surface area (Å²) in [6.07, 6.45) is 0.789. The molecule has 2 heteroatoms. The molecule has 0 aliphatic carbocycles. The van der Waals surface area contributed by atoms with Crippen molar-refractivity contribution in [1.82, 2.24) is 0 Å². The fourth-order valence-corrected chi connectivity index (χ4v) is 1.23. The zero-order valence-electron chi connectivity index (χ0n) is 8.13. The molecule has 70 valence electrons. The molecule has 0 saturated heterocycles. The molecule has 1 N–H and O–H groups in total. The van der Waals surface area contributed by atoms with E-state index in [4.69, 9.17) is 0 Å². The molecule has 0 rings (SSSR count). The predicted octanol–water partition coefficient (Wildman–Crippen LogP) is 1.93. The summed E-state index contributed by atoms with van der Waals surface area (Å²) in [5.41, 5.74) is 0.536. The van der Waals surface area contributed by atoms with Crippen LogP contribution in [0.3, 0.4) is 0 Å². The maximum absolute atomic E-state index is 11.4. The van der Waals surface area contributed by atoms with Crippen molar-refractivity contribution >= 4 is 5.78 Å². The highest BCUT2D eigenvalue weighted by Crippen LogP contribution is 2.16. The number of ketones is 1. The molecule has 0 spiro atoms. The van der Waals surface area contributed by atoms with Gasteiger partial charge >= 0.3 is 0 Å². The molecule has 0 saturated carbocycles. The van der Waals surface area contributed by atoms with Crippen molar-refractivity contribution in [2.24, 2.45) is 5.92 Å². The van der Waals surface area contributed by atoms with E-state index in [0.29, 0.717) is 18.4 Å². The standard InChI is InChI=1S/C10H18O2/c1-5-8(9(11)6-2)10(12)7(3)4/h8-9,11H,3,5-6H2,1-2,4H3/t8-,9+/m0/s1. The summed E-state index contributed by atoms with van der Waals surface area (Å²) in [5, 5.41) is 9.48. The second kappa shape index (κ2) is 5.09. The smallest absolute Gasteiger partial charge is 0.163 e. The average molecular weight is 170 g/mol. The molecule has 0 bridgehead atoms. The minimum absolute atomic E-state index is 0.00755. The molecule has 0 unspecified atom stereocenters. The first-order valence-corrected chi connectivity index (χ1v) is 4.42. The van der Waals surface area contributed by atoms with Crippen LogP contribution >= 0.6 is 0 Å². The van der Waals surface area contributed by atoms with Crippen molar-refractivity contribution < 1.29 is 9.90 Å². The van der Waals surface area contributed by atoms with Gasteiger partial charge in [0.05, 0.1) is 6.10 Å². The van der Waals surface area contributed by atoms with Crippen molar-refractivity contribution in [1.29, 1.82) is 0 Å². The third kappa shape index (κ3) is 2.78. The molecule has 2 atom stereocenters. The van der Waals surface area contributed by atoms with Gasteiger partial charge < -0.3 is 5.11 Å². The molecule has 0 heterocycles. The van der Waals surface area contributed by atoms with E-state index in [0.717, 1.165) is 0 Å². The van der Waals surface area contributed by atoms with Gasteiger partial charge in [-0.2, -0.15) is 0 Å². The van der Waals surface area contributed by atoms with Crippen molar-refractivity contribution in [2.75, 3.05) is 0 Å². The van der Waals surface area contributed by atoms with Crippen molar-refractivity contribution in [3.05, 3.63) is 12.2 Å². The van der Waals surface area contributed by atoms with Crippen LogP contribution in [0.5, 0.6) is 0 Å². The lowest BCUT2D eigenvalue weighted by Gasteiger charge is -2.18. The van der Waals surface area contributed by atoms with Crippen LogP contribution in [-0.2, 0) is 4.79 Å². The van der Waals surface area contributed by atoms with Gasteiger partial charge in [0.1, 0.15) is 0 Å². The van der Waals surface area contributed by atoms with E-state index in [1.165, 1.54) is 0 Å². The summed E-state index contributed by atoms with van der Waals surface area (Å²) < 4.78 is 0. The number of aliphatic hydroxyl groups is 1. The number of allylic oxidation sites excluding steroid dienone is 1. The van der Waals surface area contributed by atoms with Crippen LogP contribution < -0.4 is 0 Å². The van der Waals surface area contributed by atoms with Gasteiger partial charge in [0.2, 0.25) is 0 Å². The summed E-state index contributed by atoms with van der Waals surface area (Å²) in [6.45, 7) is 9.05. The van der Waals surface area contributed by atoms with E-state index in [2.05, 4.69) is 6.58 Å². The maximum Gasteiger partial charge on any atom is 0.163 e. The number of Topliss-reactive ketones (excluding diaryl/α,β-unsaturated/α-hetero) is 1. The number of carbonyl (C=O) groups excluding carboxylic acids is 1. The van der Waals surface area contributed by atoms with Crippen LogP contribution in [0.2, 0.25) is 0 Å². The van der Waals surface area contributed by atoms with E-state index >= 15 is 0 Å². The molecule has 2 nitrogen and oxygen atoms in total. The Bertz CT molecular complexity index is 173. The van der Waals surface area contributed by atoms with Crippen molar-refractivity contribution in [3.8, 4) is 0 Å². The summed E-state index contributed by atoms with van der Waals surface area (Å²) in [4.78, 5) is 11.4. The topological polar surface area (TPSA) is 37.3 Å². The lowest BCUT2D eigenvalue weighted by Crippen LogP contribution is -2.27. The molecule has 0 aliphatic heterocycles. The van der Waals surface area contributed by atoms with E-state index in [9.17, 15) is 9.90 Å². The minimum atomic E-state index is -0.515. The van der Waals surface area contributed by atoms with Crippen LogP contribution in [0.25, 0.3) is 0 Å². The lowest BCUT2D eigenvalue weighted by atomic mass is 9.90. The summed E-state index contributed by atoms with van der Waals surface area (Å²) in [5.74, 6) is -0.264. The van der Waals surface area contributed by atoms with Crippen LogP contribution in [0.1, 0.15) is 33.6 Å². The first-order valence-electron chi connectivity index (χ1n) is 4.42. The number of rotatable bonds is 5. The fourth-order valence-electron chi connectivity index (χ4n) is 1.23. The van der Waals surface area contributed by atoms with Gasteiger partial charge in [-0.25, -0.2) is 0 Å². The Morgan fingerprint density at radius 2 is 1.92 bits per heavy atom. The molecule has 0 aliphatic rings. The highest BCUT2D eigenvalue weighted by atomic mass is 16.3. The molecule has 0 amide bonds. The summed E-state index contributed by atoms with van der Waals surface area (Å²) >= 11 is 0. The number of hydrogen-bond acceptors (Lipinski definition) is 2. The van der Waals surface area contributed by atoms with Gasteiger partial charge in [0, 0.05) is 5.92 Å². The number of aliphatic hydroxyl groups excluding tert-OH is 1. The number of carbonyl (C=O) groups is 1. The van der Waals surface area contributed by atoms with Crippen molar-refractivity contribution in [3.63, 3.8) is 0 Å². The molecular formula is C10H18O2. The zero-order chi connectivity index (χ0) is 9.72. The third-order valence-corrected chi connectivity index (χ3v) is 2.08. The predicted molar refractivity (Wildman–Crippen MR) is 49.9 cm³/mol. The Balaban J connectivity index is 4.34. The van der Waals surface area contributed by atoms with E-state index in [-0.39, 0.29) is 11.7 Å². The Labute approximate surface area is 74.3 Å². The first-order chi connectivity index (χ1) is 5.54. The minimum Gasteiger partial charge on any atom is -0.392 e. The van der Waals surface area contributed by atoms with Gasteiger partial charge in [-0.3, -0.25) is 4.79 Å². The second-order valence-electron chi connectivity index (χ2n) is 3.13. The van der Waals surface area contributed by atoms with Gasteiger partial charge in [-0.15, -0.1) is 0 Å². The Morgan fingerprint density at radius 1 is 1.42 bits per heavy atom. The molecule has 0 aromatic carbocycles. The van der Waals surface area contributed by atoms with E-state index in [1.807, 2.05) is 13.8 Å². The quantitative estimate of drug-likeness (QED) is 0.640. The Hall–Kier alpha value is -0.630. The summed E-state index contributed by atoms with van der Waals surface area (Å²) in [6, 6.07) is 0. The molecule has 0 aromatic rings. The average Bonchev–Trinajstić information content (AvgIpc) is 2.05. The van der Waals surface area contributed by atoms with E-state index in [1.54, 1.807) is 6.92 Å². The summed E-state index contributed by atoms with van der Waals surface area (Å²) in [7, 11) is 0. The number of hydrogen-bond donors (Lipinski definition) is 1. The molecule has 0 fully saturated rings. The molecule has 12 heavy (non-hydrogen) atoms. The van der Waals surface area contributed by atoms with Gasteiger partial charge in [-0.05, 0) is 25.3 Å². The van der Waals surface area contributed by atoms with Crippen LogP contribution in [0.4, 0.5) is 0 Å². The maximum atomic E-state index is 11.4. The highest BCUT2D eigenvalue weighted by molar-refractivity contribution is 5.96. The third-order valence-electron chi connectivity index (χ3n) is 2.08. The van der Waals surface area contributed by atoms with Crippen molar-refractivity contribution in [2.45, 2.75) is 39.7 Å². The van der Waals surface area contributed by atoms with Gasteiger partial charge in [0.25, 0.3) is 0 Å². The molecular weight excluding hydrogens is 152 g/mol. The monoisotopic (exact) mass is 170 g/mol. The van der Waals surface area contributed by atoms with Crippen LogP contribution in [0, 0.1) is 5.92 Å². The highest BCUT2D eigenvalue weighted by Gasteiger charge is 2.23. The van der Waals surface area contributed by atoms with Crippen LogP contribution in [0.15, 0.2) is 12.2 Å². The van der Waals surface area contributed by atoms with Gasteiger partial charge in [0.15, 0.2) is 5.78 Å². The van der Waals surface area contributed by atoms with Gasteiger partial charge in [-0.1, -0.05) is 20.4 Å². The van der Waals surface area contributed by atoms with Crippen LogP contribution in [-0.4, -0.2) is 17.0 Å². The largest absolute Gasteiger partial charge is 0.392 e. The lowest BCUT2D eigenvalue weighted by molar-refractivity contribution is -0.122. The normalized spacial score (nSPS) is 15.3. The second-order valence-corrected chi connectivity index (χ2v) is 3.13. The first kappa shape index (κ1) is 11.4. The molecule has 0 aromatic heterocycles. The Morgan fingerprint density at radius 3 is 2.17 bits per heavy atom. The van der Waals surface area contributed by atoms with E-state index < -0.39 is 6.10 Å². The SMILES string of the molecule is C=C(C)C(=O)[C@@H](CC)[C@H](O)CC. The fraction of sp³-hybridized carbons (Fsp3) is 0.700. The molecule has 0 radical (unpaired) electrons. The zero-order valence-corrected chi connectivity index (χ0v) is 8.13. The Kier molecular flexibility index (Phi) is 4.83.